The number of carbonyl (C=O) groups is 1. The minimum absolute atomic E-state index is 0.0179. The topological polar surface area (TPSA) is 107 Å². The summed E-state index contributed by atoms with van der Waals surface area (Å²) < 4.78 is 66.6. The van der Waals surface area contributed by atoms with Crippen LogP contribution in [0.1, 0.15) is 30.0 Å². The molecule has 12 heteroatoms. The normalized spacial score (nSPS) is 15.9. The van der Waals surface area contributed by atoms with Crippen molar-refractivity contribution in [3.63, 3.8) is 0 Å². The molecule has 0 amide bonds. The highest BCUT2D eigenvalue weighted by atomic mass is 35.5. The molecule has 0 spiro atoms. The van der Waals surface area contributed by atoms with E-state index < -0.39 is 34.8 Å². The standard InChI is InChI=1S/C27H25Cl2NO7S2/c1-4-37-27(31)25-16-23(22-14-9-19(28)15-24(22)29)26(18-7-10-20(36-3)11-8-18)30(25)39(34,35)38(32,33)21-12-5-17(2)6-13-21/h5-15,25H,4,16H2,1-3H3. The first kappa shape index (κ1) is 28.9. The summed E-state index contributed by atoms with van der Waals surface area (Å²) >= 11 is 12.6. The van der Waals surface area contributed by atoms with Crippen molar-refractivity contribution in [3.05, 3.63) is 93.5 Å². The van der Waals surface area contributed by atoms with E-state index in [-0.39, 0.29) is 23.7 Å². The van der Waals surface area contributed by atoms with Gasteiger partial charge >= 0.3 is 23.9 Å². The third-order valence-electron chi connectivity index (χ3n) is 6.19. The first-order valence-electron chi connectivity index (χ1n) is 11.8. The van der Waals surface area contributed by atoms with Crippen LogP contribution in [-0.4, -0.2) is 46.9 Å². The average Bonchev–Trinajstić information content (AvgIpc) is 3.30. The fourth-order valence-electron chi connectivity index (χ4n) is 4.30. The fourth-order valence-corrected chi connectivity index (χ4v) is 8.89. The van der Waals surface area contributed by atoms with Gasteiger partial charge in [-0.25, -0.2) is 17.5 Å². The number of rotatable bonds is 8. The molecule has 0 bridgehead atoms. The zero-order valence-corrected chi connectivity index (χ0v) is 24.4. The monoisotopic (exact) mass is 609 g/mol. The molecule has 4 rings (SSSR count). The Morgan fingerprint density at radius 1 is 0.974 bits per heavy atom. The summed E-state index contributed by atoms with van der Waals surface area (Å²) in [7, 11) is -8.79. The molecule has 0 saturated carbocycles. The summed E-state index contributed by atoms with van der Waals surface area (Å²) in [6.07, 6.45) is -0.190. The molecule has 0 aromatic heterocycles. The molecule has 3 aromatic carbocycles. The van der Waals surface area contributed by atoms with Crippen molar-refractivity contribution < 1.29 is 31.1 Å². The van der Waals surface area contributed by atoms with Gasteiger partial charge in [-0.15, -0.1) is 0 Å². The van der Waals surface area contributed by atoms with Crippen LogP contribution in [0, 0.1) is 6.92 Å². The molecular weight excluding hydrogens is 585 g/mol. The number of esters is 1. The molecule has 0 saturated heterocycles. The van der Waals surface area contributed by atoms with E-state index in [2.05, 4.69) is 0 Å². The quantitative estimate of drug-likeness (QED) is 0.244. The van der Waals surface area contributed by atoms with E-state index in [4.69, 9.17) is 32.7 Å². The summed E-state index contributed by atoms with van der Waals surface area (Å²) in [6.45, 7) is 3.28. The molecule has 0 radical (unpaired) electrons. The number of nitrogens with zero attached hydrogens (tertiary/aromatic N) is 1. The van der Waals surface area contributed by atoms with Gasteiger partial charge in [-0.1, -0.05) is 47.0 Å². The zero-order valence-electron chi connectivity index (χ0n) is 21.2. The van der Waals surface area contributed by atoms with Crippen LogP contribution >= 0.6 is 23.2 Å². The van der Waals surface area contributed by atoms with Gasteiger partial charge < -0.3 is 9.47 Å². The summed E-state index contributed by atoms with van der Waals surface area (Å²) in [5.74, 6) is -0.404. The lowest BCUT2D eigenvalue weighted by molar-refractivity contribution is -0.146. The molecule has 8 nitrogen and oxygen atoms in total. The molecule has 3 aromatic rings. The second-order valence-corrected chi connectivity index (χ2v) is 14.7. The van der Waals surface area contributed by atoms with Gasteiger partial charge in [0.25, 0.3) is 0 Å². The van der Waals surface area contributed by atoms with E-state index in [0.29, 0.717) is 31.8 Å². The number of hydrogen-bond acceptors (Lipinski definition) is 7. The van der Waals surface area contributed by atoms with Crippen molar-refractivity contribution >= 4 is 58.4 Å². The Hall–Kier alpha value is -3.05. The summed E-state index contributed by atoms with van der Waals surface area (Å²) in [5.41, 5.74) is 1.78. The third-order valence-corrected chi connectivity index (χ3v) is 11.8. The number of carbonyl (C=O) groups excluding carboxylic acids is 1. The van der Waals surface area contributed by atoms with E-state index in [0.717, 1.165) is 5.56 Å². The zero-order chi connectivity index (χ0) is 28.5. The van der Waals surface area contributed by atoms with Gasteiger partial charge in [0.05, 0.1) is 24.3 Å². The van der Waals surface area contributed by atoms with Crippen LogP contribution in [0.15, 0.2) is 71.6 Å². The first-order chi connectivity index (χ1) is 18.4. The van der Waals surface area contributed by atoms with E-state index in [1.807, 2.05) is 0 Å². The minimum atomic E-state index is -5.25. The molecule has 1 unspecified atom stereocenters. The molecule has 1 atom stereocenters. The number of aryl methyl sites for hydroxylation is 1. The Morgan fingerprint density at radius 3 is 2.18 bits per heavy atom. The van der Waals surface area contributed by atoms with Crippen LogP contribution in [0.4, 0.5) is 0 Å². The summed E-state index contributed by atoms with van der Waals surface area (Å²) in [5, 5.41) is 0.550. The molecule has 206 valence electrons. The van der Waals surface area contributed by atoms with Crippen molar-refractivity contribution in [3.8, 4) is 5.75 Å². The average molecular weight is 611 g/mol. The number of hydrogen-bond donors (Lipinski definition) is 0. The molecule has 39 heavy (non-hydrogen) atoms. The Balaban J connectivity index is 2.03. The van der Waals surface area contributed by atoms with Gasteiger partial charge in [0.2, 0.25) is 0 Å². The van der Waals surface area contributed by atoms with Crippen LogP contribution in [-0.2, 0) is 27.5 Å². The third kappa shape index (κ3) is 5.38. The van der Waals surface area contributed by atoms with Crippen LogP contribution in [0.3, 0.4) is 0 Å². The predicted octanol–water partition coefficient (Wildman–Crippen LogP) is 5.53. The minimum Gasteiger partial charge on any atom is -0.497 e. The maximum atomic E-state index is 14.1. The SMILES string of the molecule is CCOC(=O)C1CC(c2ccc(Cl)cc2Cl)=C(c2ccc(OC)cc2)N1S(=O)(=O)S(=O)(=O)c1ccc(C)cc1. The van der Waals surface area contributed by atoms with Gasteiger partial charge in [0.15, 0.2) is 0 Å². The highest BCUT2D eigenvalue weighted by Crippen LogP contribution is 2.47. The highest BCUT2D eigenvalue weighted by molar-refractivity contribution is 8.66. The van der Waals surface area contributed by atoms with Crippen molar-refractivity contribution in [1.29, 1.82) is 0 Å². The van der Waals surface area contributed by atoms with Crippen LogP contribution in [0.2, 0.25) is 10.0 Å². The van der Waals surface area contributed by atoms with Gasteiger partial charge in [0, 0.05) is 16.5 Å². The number of ether oxygens (including phenoxy) is 2. The van der Waals surface area contributed by atoms with E-state index in [1.165, 1.54) is 37.4 Å². The largest absolute Gasteiger partial charge is 0.497 e. The molecule has 0 N–H and O–H groups in total. The molecule has 0 fully saturated rings. The van der Waals surface area contributed by atoms with Crippen molar-refractivity contribution in [2.75, 3.05) is 13.7 Å². The van der Waals surface area contributed by atoms with E-state index in [1.54, 1.807) is 50.2 Å². The van der Waals surface area contributed by atoms with E-state index >= 15 is 0 Å². The van der Waals surface area contributed by atoms with Gasteiger partial charge in [0.1, 0.15) is 11.8 Å². The Kier molecular flexibility index (Phi) is 8.32. The predicted molar refractivity (Wildman–Crippen MR) is 150 cm³/mol. The molecule has 1 heterocycles. The lowest BCUT2D eigenvalue weighted by atomic mass is 9.98. The van der Waals surface area contributed by atoms with Crippen molar-refractivity contribution in [2.24, 2.45) is 0 Å². The number of benzene rings is 3. The highest BCUT2D eigenvalue weighted by Gasteiger charge is 2.50. The molecular formula is C27H25Cl2NO7S2. The Labute approximate surface area is 237 Å². The molecule has 1 aliphatic rings. The van der Waals surface area contributed by atoms with Crippen LogP contribution in [0.25, 0.3) is 11.3 Å². The maximum absolute atomic E-state index is 14.1. The van der Waals surface area contributed by atoms with Crippen molar-refractivity contribution in [2.45, 2.75) is 31.2 Å². The Bertz CT molecular complexity index is 1650. The fraction of sp³-hybridized carbons (Fsp3) is 0.222. The second-order valence-electron chi connectivity index (χ2n) is 8.67. The number of methoxy groups -OCH3 is 1. The lowest BCUT2D eigenvalue weighted by Crippen LogP contribution is -2.44. The Morgan fingerprint density at radius 2 is 1.62 bits per heavy atom. The van der Waals surface area contributed by atoms with Gasteiger partial charge in [-0.2, -0.15) is 8.42 Å². The lowest BCUT2D eigenvalue weighted by Gasteiger charge is -2.27. The summed E-state index contributed by atoms with van der Waals surface area (Å²) in [6, 6.07) is 14.9. The van der Waals surface area contributed by atoms with Crippen LogP contribution in [0.5, 0.6) is 5.75 Å². The van der Waals surface area contributed by atoms with E-state index in [9.17, 15) is 21.6 Å². The smallest absolute Gasteiger partial charge is 0.346 e. The maximum Gasteiger partial charge on any atom is 0.346 e. The summed E-state index contributed by atoms with van der Waals surface area (Å²) in [4.78, 5) is 12.8. The molecule has 0 aliphatic carbocycles. The number of halogens is 2. The van der Waals surface area contributed by atoms with Gasteiger partial charge in [-0.05, 0) is 79.1 Å². The van der Waals surface area contributed by atoms with Crippen LogP contribution < -0.4 is 4.74 Å². The molecule has 1 aliphatic heterocycles. The van der Waals surface area contributed by atoms with Gasteiger partial charge in [-0.3, -0.25) is 0 Å². The first-order valence-corrected chi connectivity index (χ1v) is 16.0. The second kappa shape index (κ2) is 11.2. The van der Waals surface area contributed by atoms with Crippen molar-refractivity contribution in [1.82, 2.24) is 4.31 Å².